The molecule has 0 atom stereocenters. The predicted molar refractivity (Wildman–Crippen MR) is 178 cm³/mol. The van der Waals surface area contributed by atoms with Gasteiger partial charge in [0.05, 0.1) is 11.8 Å². The van der Waals surface area contributed by atoms with Crippen molar-refractivity contribution in [2.75, 3.05) is 57.3 Å². The molecule has 2 saturated heterocycles. The zero-order chi connectivity index (χ0) is 32.5. The van der Waals surface area contributed by atoms with Crippen LogP contribution in [0.1, 0.15) is 68.1 Å². The van der Waals surface area contributed by atoms with Crippen molar-refractivity contribution in [1.29, 1.82) is 0 Å². The summed E-state index contributed by atoms with van der Waals surface area (Å²) in [5.41, 5.74) is 2.80. The number of fused-ring (bicyclic) bond motifs is 1. The van der Waals surface area contributed by atoms with Crippen molar-refractivity contribution in [1.82, 2.24) is 29.7 Å². The highest BCUT2D eigenvalue weighted by atomic mass is 19.1. The van der Waals surface area contributed by atoms with Gasteiger partial charge in [-0.2, -0.15) is 0 Å². The Bertz CT molecular complexity index is 1580. The van der Waals surface area contributed by atoms with E-state index in [1.54, 1.807) is 11.1 Å². The standard InChI is InChI=1S/C36H46FN7O3/c1-4-44(25(2)3)35(45)28-17-26(37)7-8-31(28)47-33-20-38-24-40-34(33)43-22-36(23-43)18-27(19-36)46-32-9-11-39-30-10-16-42(21-29(30)32)15-6-14-41-12-5-13-41/h7-9,11,17,20,24-25,27H,4-6,10,12-16,18-19,21-23H2,1-3H3. The third-order valence-electron chi connectivity index (χ3n) is 10.3. The number of benzene rings is 1. The highest BCUT2D eigenvalue weighted by Gasteiger charge is 2.54. The molecule has 0 unspecified atom stereocenters. The van der Waals surface area contributed by atoms with E-state index in [0.717, 1.165) is 57.7 Å². The Balaban J connectivity index is 0.963. The summed E-state index contributed by atoms with van der Waals surface area (Å²) < 4.78 is 27.2. The van der Waals surface area contributed by atoms with Crippen LogP contribution in [-0.4, -0.2) is 100 Å². The van der Waals surface area contributed by atoms with Crippen LogP contribution in [0, 0.1) is 11.2 Å². The number of ether oxygens (including phenoxy) is 2. The Morgan fingerprint density at radius 3 is 2.62 bits per heavy atom. The van der Waals surface area contributed by atoms with E-state index in [4.69, 9.17) is 9.47 Å². The zero-order valence-corrected chi connectivity index (χ0v) is 27.8. The van der Waals surface area contributed by atoms with Crippen molar-refractivity contribution >= 4 is 11.7 Å². The maximum atomic E-state index is 14.3. The van der Waals surface area contributed by atoms with Crippen LogP contribution in [0.3, 0.4) is 0 Å². The van der Waals surface area contributed by atoms with Crippen LogP contribution >= 0.6 is 0 Å². The maximum Gasteiger partial charge on any atom is 0.257 e. The van der Waals surface area contributed by atoms with E-state index in [2.05, 4.69) is 29.7 Å². The first-order valence-corrected chi connectivity index (χ1v) is 17.2. The van der Waals surface area contributed by atoms with Gasteiger partial charge in [-0.05, 0) is 96.9 Å². The van der Waals surface area contributed by atoms with Crippen LogP contribution < -0.4 is 14.4 Å². The van der Waals surface area contributed by atoms with E-state index in [1.165, 1.54) is 68.3 Å². The normalized spacial score (nSPS) is 19.1. The summed E-state index contributed by atoms with van der Waals surface area (Å²) >= 11 is 0. The summed E-state index contributed by atoms with van der Waals surface area (Å²) in [6, 6.07) is 6.06. The van der Waals surface area contributed by atoms with Crippen LogP contribution in [0.4, 0.5) is 10.2 Å². The minimum Gasteiger partial charge on any atom is -0.490 e. The molecule has 1 spiro atoms. The SMILES string of the molecule is CCN(C(=O)c1cc(F)ccc1Oc1cncnc1N1CC2(CC(Oc3ccnc4c3CN(CCCN3CCC3)CC4)C2)C1)C(C)C. The molecule has 2 aromatic heterocycles. The van der Waals surface area contributed by atoms with Gasteiger partial charge >= 0.3 is 0 Å². The topological polar surface area (TPSA) is 87.2 Å². The average Bonchev–Trinajstić information content (AvgIpc) is 3.00. The molecule has 4 aliphatic rings. The van der Waals surface area contributed by atoms with Gasteiger partial charge in [-0.3, -0.25) is 14.7 Å². The highest BCUT2D eigenvalue weighted by Crippen LogP contribution is 2.52. The van der Waals surface area contributed by atoms with E-state index in [0.29, 0.717) is 18.1 Å². The van der Waals surface area contributed by atoms with Crippen molar-refractivity contribution in [2.24, 2.45) is 5.41 Å². The molecule has 3 aliphatic heterocycles. The quantitative estimate of drug-likeness (QED) is 0.265. The summed E-state index contributed by atoms with van der Waals surface area (Å²) in [5, 5.41) is 0. The lowest BCUT2D eigenvalue weighted by atomic mass is 9.61. The third-order valence-corrected chi connectivity index (χ3v) is 10.3. The number of anilines is 1. The number of halogens is 1. The second-order valence-corrected chi connectivity index (χ2v) is 14.0. The van der Waals surface area contributed by atoms with Gasteiger partial charge in [-0.15, -0.1) is 0 Å². The third kappa shape index (κ3) is 6.65. The first kappa shape index (κ1) is 31.8. The predicted octanol–water partition coefficient (Wildman–Crippen LogP) is 5.18. The first-order chi connectivity index (χ1) is 22.8. The number of nitrogens with zero attached hydrogens (tertiary/aromatic N) is 7. The van der Waals surface area contributed by atoms with Gasteiger partial charge in [-0.25, -0.2) is 14.4 Å². The van der Waals surface area contributed by atoms with Gasteiger partial charge in [0.1, 0.15) is 29.7 Å². The van der Waals surface area contributed by atoms with Crippen LogP contribution in [0.25, 0.3) is 0 Å². The minimum atomic E-state index is -0.487. The van der Waals surface area contributed by atoms with Crippen LogP contribution in [-0.2, 0) is 13.0 Å². The van der Waals surface area contributed by atoms with Gasteiger partial charge in [-0.1, -0.05) is 0 Å². The lowest BCUT2D eigenvalue weighted by Crippen LogP contribution is -2.65. The first-order valence-electron chi connectivity index (χ1n) is 17.2. The molecule has 10 nitrogen and oxygen atoms in total. The Morgan fingerprint density at radius 2 is 1.87 bits per heavy atom. The fraction of sp³-hybridized carbons (Fsp3) is 0.556. The second kappa shape index (κ2) is 13.4. The van der Waals surface area contributed by atoms with Gasteiger partial charge in [0.2, 0.25) is 0 Å². The number of carbonyl (C=O) groups is 1. The van der Waals surface area contributed by atoms with E-state index in [1.807, 2.05) is 33.0 Å². The highest BCUT2D eigenvalue weighted by molar-refractivity contribution is 5.97. The summed E-state index contributed by atoms with van der Waals surface area (Å²) in [4.78, 5) is 35.8. The van der Waals surface area contributed by atoms with Gasteiger partial charge < -0.3 is 24.2 Å². The molecule has 5 heterocycles. The van der Waals surface area contributed by atoms with Crippen molar-refractivity contribution in [3.8, 4) is 17.2 Å². The Morgan fingerprint density at radius 1 is 1.06 bits per heavy atom. The zero-order valence-electron chi connectivity index (χ0n) is 27.8. The average molecular weight is 644 g/mol. The fourth-order valence-corrected chi connectivity index (χ4v) is 7.63. The molecule has 1 saturated carbocycles. The number of pyridine rings is 1. The Labute approximate surface area is 276 Å². The molecule has 1 amide bonds. The van der Waals surface area contributed by atoms with Crippen molar-refractivity contribution in [2.45, 2.75) is 71.6 Å². The molecule has 47 heavy (non-hydrogen) atoms. The van der Waals surface area contributed by atoms with E-state index in [9.17, 15) is 9.18 Å². The monoisotopic (exact) mass is 643 g/mol. The summed E-state index contributed by atoms with van der Waals surface area (Å²) in [5.74, 6) is 1.64. The largest absolute Gasteiger partial charge is 0.490 e. The molecule has 0 radical (unpaired) electrons. The van der Waals surface area contributed by atoms with Crippen molar-refractivity contribution < 1.29 is 18.7 Å². The van der Waals surface area contributed by atoms with E-state index < -0.39 is 5.82 Å². The number of aromatic nitrogens is 3. The Kier molecular flexibility index (Phi) is 9.02. The molecule has 3 fully saturated rings. The summed E-state index contributed by atoms with van der Waals surface area (Å²) in [6.45, 7) is 14.8. The number of likely N-dealkylation sites (tertiary alicyclic amines) is 1. The summed E-state index contributed by atoms with van der Waals surface area (Å²) in [6.07, 6.45) is 10.7. The number of carbonyl (C=O) groups excluding carboxylic acids is 1. The molecule has 0 N–H and O–H groups in total. The lowest BCUT2D eigenvalue weighted by molar-refractivity contribution is -0.0352. The lowest BCUT2D eigenvalue weighted by Gasteiger charge is -2.59. The number of rotatable bonds is 12. The molecular formula is C36H46FN7O3. The fourth-order valence-electron chi connectivity index (χ4n) is 7.63. The number of hydrogen-bond acceptors (Lipinski definition) is 9. The van der Waals surface area contributed by atoms with E-state index >= 15 is 0 Å². The molecule has 1 aliphatic carbocycles. The van der Waals surface area contributed by atoms with Gasteiger partial charge in [0.15, 0.2) is 11.6 Å². The second-order valence-electron chi connectivity index (χ2n) is 14.0. The van der Waals surface area contributed by atoms with Crippen molar-refractivity contribution in [3.05, 3.63) is 65.6 Å². The van der Waals surface area contributed by atoms with Crippen LogP contribution in [0.2, 0.25) is 0 Å². The van der Waals surface area contributed by atoms with Crippen molar-refractivity contribution in [3.63, 3.8) is 0 Å². The maximum absolute atomic E-state index is 14.3. The van der Waals surface area contributed by atoms with Gasteiger partial charge in [0, 0.05) is 68.1 Å². The smallest absolute Gasteiger partial charge is 0.257 e. The molecule has 250 valence electrons. The van der Waals surface area contributed by atoms with Crippen LogP contribution in [0.15, 0.2) is 43.0 Å². The number of hydrogen-bond donors (Lipinski definition) is 0. The van der Waals surface area contributed by atoms with E-state index in [-0.39, 0.29) is 34.8 Å². The molecular weight excluding hydrogens is 597 g/mol. The number of amides is 1. The molecule has 11 heteroatoms. The molecule has 1 aromatic carbocycles. The van der Waals surface area contributed by atoms with Gasteiger partial charge in [0.25, 0.3) is 5.91 Å². The molecule has 3 aromatic rings. The molecule has 7 rings (SSSR count). The minimum absolute atomic E-state index is 0.0322. The summed E-state index contributed by atoms with van der Waals surface area (Å²) in [7, 11) is 0. The van der Waals surface area contributed by atoms with Crippen LogP contribution in [0.5, 0.6) is 17.2 Å². The molecule has 0 bridgehead atoms. The Hall–Kier alpha value is -3.83.